The summed E-state index contributed by atoms with van der Waals surface area (Å²) in [5, 5.41) is 2.92. The van der Waals surface area contributed by atoms with Gasteiger partial charge in [-0.15, -0.1) is 0 Å². The molecule has 1 aliphatic heterocycles. The topological polar surface area (TPSA) is 77.1 Å². The number of amides is 2. The second kappa shape index (κ2) is 9.52. The Hall–Kier alpha value is -3.22. The van der Waals surface area contributed by atoms with Gasteiger partial charge in [-0.1, -0.05) is 19.1 Å². The van der Waals surface area contributed by atoms with E-state index < -0.39 is 5.92 Å². The molecule has 0 aliphatic carbocycles. The lowest BCUT2D eigenvalue weighted by molar-refractivity contribution is -0.126. The van der Waals surface area contributed by atoms with Crippen molar-refractivity contribution in [3.8, 4) is 17.2 Å². The number of hydrogen-bond donors (Lipinski definition) is 1. The number of carbonyl (C=O) groups is 2. The average Bonchev–Trinajstić information content (AvgIpc) is 3.18. The van der Waals surface area contributed by atoms with E-state index in [-0.39, 0.29) is 24.8 Å². The molecular weight excluding hydrogens is 384 g/mol. The van der Waals surface area contributed by atoms with Crippen molar-refractivity contribution in [1.29, 1.82) is 0 Å². The summed E-state index contributed by atoms with van der Waals surface area (Å²) in [6.07, 6.45) is 1.14. The van der Waals surface area contributed by atoms with Gasteiger partial charge in [0, 0.05) is 36.8 Å². The Morgan fingerprint density at radius 3 is 2.27 bits per heavy atom. The maximum Gasteiger partial charge on any atom is 0.227 e. The van der Waals surface area contributed by atoms with Crippen LogP contribution in [0.2, 0.25) is 0 Å². The van der Waals surface area contributed by atoms with E-state index in [1.807, 2.05) is 24.3 Å². The minimum absolute atomic E-state index is 0.0388. The summed E-state index contributed by atoms with van der Waals surface area (Å²) in [5.74, 6) is 1.11. The number of carbonyl (C=O) groups excluding carboxylic acids is 2. The zero-order chi connectivity index (χ0) is 21.7. The van der Waals surface area contributed by atoms with Crippen LogP contribution in [-0.4, -0.2) is 39.7 Å². The van der Waals surface area contributed by atoms with E-state index in [0.29, 0.717) is 23.8 Å². The Morgan fingerprint density at radius 1 is 1.03 bits per heavy atom. The number of aryl methyl sites for hydroxylation is 1. The van der Waals surface area contributed by atoms with Gasteiger partial charge in [-0.2, -0.15) is 0 Å². The molecule has 1 heterocycles. The van der Waals surface area contributed by atoms with Crippen molar-refractivity contribution < 1.29 is 23.8 Å². The predicted octanol–water partition coefficient (Wildman–Crippen LogP) is 2.94. The Morgan fingerprint density at radius 2 is 1.67 bits per heavy atom. The van der Waals surface area contributed by atoms with E-state index in [4.69, 9.17) is 14.2 Å². The fourth-order valence-corrected chi connectivity index (χ4v) is 3.60. The van der Waals surface area contributed by atoms with Crippen LogP contribution >= 0.6 is 0 Å². The molecule has 0 bridgehead atoms. The van der Waals surface area contributed by atoms with Crippen LogP contribution in [0.15, 0.2) is 36.4 Å². The first-order valence-corrected chi connectivity index (χ1v) is 9.96. The highest BCUT2D eigenvalue weighted by Gasteiger charge is 2.35. The van der Waals surface area contributed by atoms with Crippen molar-refractivity contribution in [1.82, 2.24) is 5.32 Å². The van der Waals surface area contributed by atoms with Gasteiger partial charge in [-0.05, 0) is 30.2 Å². The van der Waals surface area contributed by atoms with Crippen molar-refractivity contribution >= 4 is 17.5 Å². The van der Waals surface area contributed by atoms with Crippen molar-refractivity contribution in [2.45, 2.75) is 26.3 Å². The predicted molar refractivity (Wildman–Crippen MR) is 114 cm³/mol. The molecule has 0 aromatic heterocycles. The first kappa shape index (κ1) is 21.5. The monoisotopic (exact) mass is 412 g/mol. The Balaban J connectivity index is 1.66. The molecule has 2 aromatic carbocycles. The lowest BCUT2D eigenvalue weighted by Gasteiger charge is -2.18. The molecule has 1 saturated heterocycles. The molecule has 3 rings (SSSR count). The van der Waals surface area contributed by atoms with Gasteiger partial charge < -0.3 is 24.4 Å². The molecule has 1 aliphatic rings. The number of ether oxygens (including phenoxy) is 3. The van der Waals surface area contributed by atoms with E-state index >= 15 is 0 Å². The molecule has 2 amide bonds. The van der Waals surface area contributed by atoms with Gasteiger partial charge in [0.15, 0.2) is 11.5 Å². The number of methoxy groups -OCH3 is 3. The third-order valence-corrected chi connectivity index (χ3v) is 5.39. The molecule has 0 radical (unpaired) electrons. The molecule has 0 saturated carbocycles. The molecule has 1 fully saturated rings. The minimum atomic E-state index is -0.394. The van der Waals surface area contributed by atoms with Crippen LogP contribution in [0.1, 0.15) is 24.5 Å². The van der Waals surface area contributed by atoms with Gasteiger partial charge in [0.05, 0.1) is 27.2 Å². The first-order chi connectivity index (χ1) is 14.5. The molecular formula is C23H28N2O5. The molecule has 2 aromatic rings. The van der Waals surface area contributed by atoms with Crippen LogP contribution in [-0.2, 0) is 22.6 Å². The normalized spacial score (nSPS) is 15.8. The number of anilines is 1. The lowest BCUT2D eigenvalue weighted by atomic mass is 10.1. The van der Waals surface area contributed by atoms with Crippen LogP contribution in [0.4, 0.5) is 5.69 Å². The lowest BCUT2D eigenvalue weighted by Crippen LogP contribution is -2.32. The fraction of sp³-hybridized carbons (Fsp3) is 0.391. The number of hydrogen-bond acceptors (Lipinski definition) is 5. The zero-order valence-corrected chi connectivity index (χ0v) is 17.9. The number of nitrogens with zero attached hydrogens (tertiary/aromatic N) is 1. The quantitative estimate of drug-likeness (QED) is 0.721. The van der Waals surface area contributed by atoms with Crippen LogP contribution in [0.3, 0.4) is 0 Å². The van der Waals surface area contributed by atoms with E-state index in [1.165, 1.54) is 5.56 Å². The van der Waals surface area contributed by atoms with Gasteiger partial charge in [-0.25, -0.2) is 0 Å². The molecule has 1 unspecified atom stereocenters. The van der Waals surface area contributed by atoms with Gasteiger partial charge in [-0.3, -0.25) is 9.59 Å². The molecule has 7 nitrogen and oxygen atoms in total. The summed E-state index contributed by atoms with van der Waals surface area (Å²) in [6, 6.07) is 11.4. The van der Waals surface area contributed by atoms with Gasteiger partial charge >= 0.3 is 0 Å². The Kier molecular flexibility index (Phi) is 6.82. The van der Waals surface area contributed by atoms with Crippen molar-refractivity contribution in [3.63, 3.8) is 0 Å². The van der Waals surface area contributed by atoms with Gasteiger partial charge in [0.1, 0.15) is 5.75 Å². The maximum atomic E-state index is 12.7. The highest BCUT2D eigenvalue weighted by Crippen LogP contribution is 2.34. The largest absolute Gasteiger partial charge is 0.496 e. The van der Waals surface area contributed by atoms with Crippen LogP contribution in [0, 0.1) is 5.92 Å². The van der Waals surface area contributed by atoms with Crippen LogP contribution < -0.4 is 24.4 Å². The number of benzene rings is 2. The first-order valence-electron chi connectivity index (χ1n) is 9.96. The van der Waals surface area contributed by atoms with E-state index in [1.54, 1.807) is 38.4 Å². The summed E-state index contributed by atoms with van der Waals surface area (Å²) < 4.78 is 16.0. The molecule has 1 N–H and O–H groups in total. The smallest absolute Gasteiger partial charge is 0.227 e. The molecule has 1 atom stereocenters. The Bertz CT molecular complexity index is 911. The fourth-order valence-electron chi connectivity index (χ4n) is 3.60. The zero-order valence-electron chi connectivity index (χ0n) is 17.9. The van der Waals surface area contributed by atoms with Crippen LogP contribution in [0.5, 0.6) is 17.2 Å². The van der Waals surface area contributed by atoms with Gasteiger partial charge in [0.2, 0.25) is 11.8 Å². The van der Waals surface area contributed by atoms with Gasteiger partial charge in [0.25, 0.3) is 0 Å². The standard InChI is InChI=1S/C23H28N2O5/c1-5-15-6-8-18(9-7-15)25-14-17(11-22(25)26)23(27)24-13-16-10-20(29-3)21(30-4)12-19(16)28-2/h6-10,12,17H,5,11,13-14H2,1-4H3,(H,24,27). The number of nitrogens with one attached hydrogen (secondary N) is 1. The molecule has 0 spiro atoms. The van der Waals surface area contributed by atoms with E-state index in [0.717, 1.165) is 17.7 Å². The second-order valence-electron chi connectivity index (χ2n) is 7.16. The average molecular weight is 412 g/mol. The molecule has 30 heavy (non-hydrogen) atoms. The summed E-state index contributed by atoms with van der Waals surface area (Å²) in [4.78, 5) is 26.9. The maximum absolute atomic E-state index is 12.7. The third kappa shape index (κ3) is 4.50. The summed E-state index contributed by atoms with van der Waals surface area (Å²) >= 11 is 0. The summed E-state index contributed by atoms with van der Waals surface area (Å²) in [7, 11) is 4.67. The Labute approximate surface area is 176 Å². The van der Waals surface area contributed by atoms with Crippen molar-refractivity contribution in [3.05, 3.63) is 47.5 Å². The highest BCUT2D eigenvalue weighted by atomic mass is 16.5. The molecule has 7 heteroatoms. The second-order valence-corrected chi connectivity index (χ2v) is 7.16. The SMILES string of the molecule is CCc1ccc(N2CC(C(=O)NCc3cc(OC)c(OC)cc3OC)CC2=O)cc1. The minimum Gasteiger partial charge on any atom is -0.496 e. The number of rotatable bonds is 8. The molecule has 160 valence electrons. The summed E-state index contributed by atoms with van der Waals surface area (Å²) in [6.45, 7) is 2.72. The highest BCUT2D eigenvalue weighted by molar-refractivity contribution is 6.00. The summed E-state index contributed by atoms with van der Waals surface area (Å²) in [5.41, 5.74) is 2.80. The van der Waals surface area contributed by atoms with Crippen molar-refractivity contribution in [2.24, 2.45) is 5.92 Å². The van der Waals surface area contributed by atoms with Crippen LogP contribution in [0.25, 0.3) is 0 Å². The van der Waals surface area contributed by atoms with E-state index in [2.05, 4.69) is 12.2 Å². The van der Waals surface area contributed by atoms with Crippen molar-refractivity contribution in [2.75, 3.05) is 32.8 Å². The third-order valence-electron chi connectivity index (χ3n) is 5.39. The van der Waals surface area contributed by atoms with E-state index in [9.17, 15) is 9.59 Å².